The summed E-state index contributed by atoms with van der Waals surface area (Å²) in [6.45, 7) is 13.1. The maximum Gasteiger partial charge on any atom is 0.343 e. The van der Waals surface area contributed by atoms with Crippen molar-refractivity contribution in [2.45, 2.75) is 52.9 Å². The number of esters is 4. The maximum absolute atomic E-state index is 12.7. The quantitative estimate of drug-likeness (QED) is 0.0713. The van der Waals surface area contributed by atoms with Crippen LogP contribution in [0.15, 0.2) is 91.0 Å². The van der Waals surface area contributed by atoms with Crippen LogP contribution in [0.5, 0.6) is 23.0 Å². The van der Waals surface area contributed by atoms with Crippen LogP contribution in [0.4, 0.5) is 0 Å². The molecule has 236 valence electrons. The van der Waals surface area contributed by atoms with Crippen molar-refractivity contribution >= 4 is 23.9 Å². The summed E-state index contributed by atoms with van der Waals surface area (Å²) >= 11 is 0. The van der Waals surface area contributed by atoms with Gasteiger partial charge in [-0.2, -0.15) is 0 Å². The molecule has 0 aliphatic heterocycles. The van der Waals surface area contributed by atoms with E-state index in [9.17, 15) is 19.2 Å². The van der Waals surface area contributed by atoms with Crippen molar-refractivity contribution in [2.24, 2.45) is 0 Å². The van der Waals surface area contributed by atoms with Crippen molar-refractivity contribution < 1.29 is 42.9 Å². The molecule has 0 aliphatic rings. The molecule has 0 N–H and O–H groups in total. The number of hydrogen-bond acceptors (Lipinski definition) is 9. The van der Waals surface area contributed by atoms with Crippen molar-refractivity contribution in [1.29, 1.82) is 0 Å². The normalized spacial score (nSPS) is 10.4. The molecule has 0 aromatic heterocycles. The number of hydrogen-bond donors (Lipinski definition) is 0. The number of aryl methyl sites for hydroxylation is 1. The lowest BCUT2D eigenvalue weighted by atomic mass is 10.1. The van der Waals surface area contributed by atoms with E-state index in [2.05, 4.69) is 13.2 Å². The van der Waals surface area contributed by atoms with Crippen LogP contribution in [0, 0.1) is 0 Å². The van der Waals surface area contributed by atoms with Crippen LogP contribution >= 0.6 is 0 Å². The van der Waals surface area contributed by atoms with Crippen molar-refractivity contribution in [3.8, 4) is 23.0 Å². The van der Waals surface area contributed by atoms with Crippen molar-refractivity contribution in [3.63, 3.8) is 0 Å². The van der Waals surface area contributed by atoms with Crippen molar-refractivity contribution in [1.82, 2.24) is 0 Å². The van der Waals surface area contributed by atoms with Gasteiger partial charge in [0.1, 0.15) is 23.0 Å². The van der Waals surface area contributed by atoms with E-state index in [0.717, 1.165) is 25.7 Å². The van der Waals surface area contributed by atoms with Gasteiger partial charge < -0.3 is 23.7 Å². The van der Waals surface area contributed by atoms with Crippen LogP contribution in [-0.2, 0) is 20.7 Å². The van der Waals surface area contributed by atoms with E-state index in [1.54, 1.807) is 56.3 Å². The smallest absolute Gasteiger partial charge is 0.343 e. The van der Waals surface area contributed by atoms with Gasteiger partial charge in [-0.3, -0.25) is 0 Å². The van der Waals surface area contributed by atoms with Gasteiger partial charge >= 0.3 is 23.9 Å². The molecule has 0 aliphatic carbocycles. The summed E-state index contributed by atoms with van der Waals surface area (Å²) in [6.07, 6.45) is 4.02. The lowest BCUT2D eigenvalue weighted by molar-refractivity contribution is -0.139. The van der Waals surface area contributed by atoms with E-state index in [-0.39, 0.29) is 22.9 Å². The van der Waals surface area contributed by atoms with Gasteiger partial charge in [-0.15, -0.1) is 0 Å². The van der Waals surface area contributed by atoms with E-state index in [0.29, 0.717) is 53.6 Å². The first-order chi connectivity index (χ1) is 21.6. The van der Waals surface area contributed by atoms with Gasteiger partial charge in [0.15, 0.2) is 0 Å². The third-order valence-electron chi connectivity index (χ3n) is 6.45. The van der Waals surface area contributed by atoms with Crippen LogP contribution in [-0.4, -0.2) is 37.1 Å². The minimum atomic E-state index is -0.587. The molecule has 0 saturated carbocycles. The largest absolute Gasteiger partial charge is 0.494 e. The van der Waals surface area contributed by atoms with Gasteiger partial charge in [-0.05, 0) is 118 Å². The minimum Gasteiger partial charge on any atom is -0.494 e. The summed E-state index contributed by atoms with van der Waals surface area (Å²) in [5.41, 5.74) is 1.97. The van der Waals surface area contributed by atoms with Crippen molar-refractivity contribution in [3.05, 3.63) is 108 Å². The zero-order valence-corrected chi connectivity index (χ0v) is 25.9. The van der Waals surface area contributed by atoms with Crippen LogP contribution in [0.1, 0.15) is 72.7 Å². The SMILES string of the molecule is C=C(C)C(=O)OCCCCCCOc1ccc(C(=O)Oc2ccc(OC(=O)c3ccc(OC(=O)C(=C)C)cc3)c(CC)c2)cc1. The van der Waals surface area contributed by atoms with Gasteiger partial charge in [0.2, 0.25) is 0 Å². The summed E-state index contributed by atoms with van der Waals surface area (Å²) in [7, 11) is 0. The molecule has 9 nitrogen and oxygen atoms in total. The van der Waals surface area contributed by atoms with Gasteiger partial charge in [0, 0.05) is 11.1 Å². The van der Waals surface area contributed by atoms with Crippen LogP contribution < -0.4 is 18.9 Å². The Morgan fingerprint density at radius 3 is 1.71 bits per heavy atom. The Bertz CT molecular complexity index is 1520. The molecular formula is C36H38O9. The minimum absolute atomic E-state index is 0.264. The van der Waals surface area contributed by atoms with Crippen LogP contribution in [0.3, 0.4) is 0 Å². The van der Waals surface area contributed by atoms with Crippen LogP contribution in [0.25, 0.3) is 0 Å². The number of unbranched alkanes of at least 4 members (excludes halogenated alkanes) is 3. The van der Waals surface area contributed by atoms with E-state index in [1.165, 1.54) is 24.3 Å². The first-order valence-electron chi connectivity index (χ1n) is 14.7. The lowest BCUT2D eigenvalue weighted by Gasteiger charge is -2.12. The standard InChI is InChI=1S/C36H38O9/c1-6-26-23-31(19-20-32(26)45-36(40)28-13-17-30(18-14-28)43-34(38)25(4)5)44-35(39)27-11-15-29(16-12-27)41-21-9-7-8-10-22-42-33(37)24(2)3/h11-20,23H,2,4,6-10,21-22H2,1,3,5H3. The molecular weight excluding hydrogens is 576 g/mol. The molecule has 3 aromatic rings. The molecule has 9 heteroatoms. The Hall–Kier alpha value is -5.18. The molecule has 0 amide bonds. The van der Waals surface area contributed by atoms with Crippen LogP contribution in [0.2, 0.25) is 0 Å². The number of ether oxygens (including phenoxy) is 5. The van der Waals surface area contributed by atoms with E-state index < -0.39 is 17.9 Å². The highest BCUT2D eigenvalue weighted by molar-refractivity contribution is 5.93. The molecule has 0 radical (unpaired) electrons. The lowest BCUT2D eigenvalue weighted by Crippen LogP contribution is -2.12. The van der Waals surface area contributed by atoms with E-state index in [4.69, 9.17) is 23.7 Å². The second-order valence-corrected chi connectivity index (χ2v) is 10.3. The molecule has 3 rings (SSSR count). The third kappa shape index (κ3) is 11.1. The number of carbonyl (C=O) groups is 4. The first-order valence-corrected chi connectivity index (χ1v) is 14.7. The van der Waals surface area contributed by atoms with Gasteiger partial charge in [-0.25, -0.2) is 19.2 Å². The Kier molecular flexibility index (Phi) is 13.1. The fraction of sp³-hybridized carbons (Fsp3) is 0.278. The van der Waals surface area contributed by atoms with Crippen molar-refractivity contribution in [2.75, 3.05) is 13.2 Å². The highest BCUT2D eigenvalue weighted by Gasteiger charge is 2.15. The molecule has 0 bridgehead atoms. The number of rotatable bonds is 16. The van der Waals surface area contributed by atoms with Gasteiger partial charge in [0.05, 0.1) is 24.3 Å². The summed E-state index contributed by atoms with van der Waals surface area (Å²) in [6, 6.07) is 17.5. The Morgan fingerprint density at radius 2 is 1.13 bits per heavy atom. The summed E-state index contributed by atoms with van der Waals surface area (Å²) in [4.78, 5) is 48.5. The monoisotopic (exact) mass is 614 g/mol. The topological polar surface area (TPSA) is 114 Å². The molecule has 0 atom stereocenters. The predicted octanol–water partition coefficient (Wildman–Crippen LogP) is 7.23. The highest BCUT2D eigenvalue weighted by atomic mass is 16.5. The zero-order chi connectivity index (χ0) is 32.8. The predicted molar refractivity (Wildman–Crippen MR) is 169 cm³/mol. The molecule has 0 saturated heterocycles. The van der Waals surface area contributed by atoms with Gasteiger partial charge in [-0.1, -0.05) is 20.1 Å². The maximum atomic E-state index is 12.7. The average molecular weight is 615 g/mol. The molecule has 45 heavy (non-hydrogen) atoms. The molecule has 3 aromatic carbocycles. The third-order valence-corrected chi connectivity index (χ3v) is 6.45. The molecule has 0 unspecified atom stereocenters. The molecule has 0 fully saturated rings. The fourth-order valence-electron chi connectivity index (χ4n) is 3.90. The number of carbonyl (C=O) groups excluding carboxylic acids is 4. The fourth-order valence-corrected chi connectivity index (χ4v) is 3.90. The summed E-state index contributed by atoms with van der Waals surface area (Å²) < 4.78 is 27.1. The Balaban J connectivity index is 1.46. The average Bonchev–Trinajstić information content (AvgIpc) is 3.03. The second kappa shape index (κ2) is 17.2. The first kappa shape index (κ1) is 34.3. The Morgan fingerprint density at radius 1 is 0.600 bits per heavy atom. The van der Waals surface area contributed by atoms with Gasteiger partial charge in [0.25, 0.3) is 0 Å². The van der Waals surface area contributed by atoms with E-state index in [1.807, 2.05) is 6.92 Å². The Labute approximate surface area is 263 Å². The second-order valence-electron chi connectivity index (χ2n) is 10.3. The summed E-state index contributed by atoms with van der Waals surface area (Å²) in [5.74, 6) is -0.456. The molecule has 0 spiro atoms. The number of benzene rings is 3. The van der Waals surface area contributed by atoms with E-state index >= 15 is 0 Å². The highest BCUT2D eigenvalue weighted by Crippen LogP contribution is 2.27. The summed E-state index contributed by atoms with van der Waals surface area (Å²) in [5, 5.41) is 0. The zero-order valence-electron chi connectivity index (χ0n) is 25.9. The molecule has 0 heterocycles.